The normalized spacial score (nSPS) is 12.9. The highest BCUT2D eigenvalue weighted by Gasteiger charge is 2.14. The van der Waals surface area contributed by atoms with Crippen molar-refractivity contribution in [1.29, 1.82) is 0 Å². The molecule has 3 heteroatoms. The van der Waals surface area contributed by atoms with Gasteiger partial charge in [0.25, 0.3) is 0 Å². The minimum absolute atomic E-state index is 0.0650. The third kappa shape index (κ3) is 5.14. The maximum Gasteiger partial charge on any atom is 0.118 e. The molecule has 114 valence electrons. The average molecular weight is 278 g/mol. The predicted molar refractivity (Wildman–Crippen MR) is 86.1 cm³/mol. The molecule has 1 rings (SSSR count). The van der Waals surface area contributed by atoms with Gasteiger partial charge < -0.3 is 15.4 Å². The molecule has 0 radical (unpaired) electrons. The molecule has 0 aliphatic heterocycles. The predicted octanol–water partition coefficient (Wildman–Crippen LogP) is 3.45. The standard InChI is InChI=1S/C17H30N2O/c1-5-14(6-2)12-19(7-3)13-17(18)15-8-10-16(20-4)11-9-15/h8-11,14,17H,5-7,12-13,18H2,1-4H3. The van der Waals surface area contributed by atoms with Crippen LogP contribution >= 0.6 is 0 Å². The van der Waals surface area contributed by atoms with E-state index < -0.39 is 0 Å². The van der Waals surface area contributed by atoms with Crippen molar-refractivity contribution >= 4 is 0 Å². The van der Waals surface area contributed by atoms with Crippen molar-refractivity contribution in [2.75, 3.05) is 26.7 Å². The van der Waals surface area contributed by atoms with Crippen LogP contribution in [0.25, 0.3) is 0 Å². The van der Waals surface area contributed by atoms with Gasteiger partial charge in [-0.2, -0.15) is 0 Å². The summed E-state index contributed by atoms with van der Waals surface area (Å²) in [4.78, 5) is 2.46. The molecule has 0 fully saturated rings. The molecule has 1 atom stereocenters. The number of rotatable bonds is 9. The Balaban J connectivity index is 2.58. The number of benzene rings is 1. The largest absolute Gasteiger partial charge is 0.497 e. The summed E-state index contributed by atoms with van der Waals surface area (Å²) in [6.07, 6.45) is 2.48. The van der Waals surface area contributed by atoms with Crippen molar-refractivity contribution < 1.29 is 4.74 Å². The smallest absolute Gasteiger partial charge is 0.118 e. The second-order valence-corrected chi connectivity index (χ2v) is 5.41. The monoisotopic (exact) mass is 278 g/mol. The van der Waals surface area contributed by atoms with E-state index >= 15 is 0 Å². The van der Waals surface area contributed by atoms with E-state index in [1.807, 2.05) is 12.1 Å². The summed E-state index contributed by atoms with van der Waals surface area (Å²) in [5, 5.41) is 0. The third-order valence-electron chi connectivity index (χ3n) is 4.12. The number of hydrogen-bond acceptors (Lipinski definition) is 3. The number of nitrogens with zero attached hydrogens (tertiary/aromatic N) is 1. The van der Waals surface area contributed by atoms with Crippen LogP contribution in [0.15, 0.2) is 24.3 Å². The highest BCUT2D eigenvalue weighted by atomic mass is 16.5. The van der Waals surface area contributed by atoms with Gasteiger partial charge in [-0.05, 0) is 30.2 Å². The van der Waals surface area contributed by atoms with Crippen LogP contribution < -0.4 is 10.5 Å². The lowest BCUT2D eigenvalue weighted by molar-refractivity contribution is 0.222. The van der Waals surface area contributed by atoms with Gasteiger partial charge in [0.1, 0.15) is 5.75 Å². The summed E-state index contributed by atoms with van der Waals surface area (Å²) in [6, 6.07) is 8.15. The molecule has 0 aromatic heterocycles. The second kappa shape index (κ2) is 8.98. The third-order valence-corrected chi connectivity index (χ3v) is 4.12. The van der Waals surface area contributed by atoms with Crippen LogP contribution in [0.1, 0.15) is 45.2 Å². The molecular formula is C17H30N2O. The first kappa shape index (κ1) is 17.0. The molecule has 0 amide bonds. The zero-order valence-electron chi connectivity index (χ0n) is 13.4. The minimum atomic E-state index is 0.0650. The van der Waals surface area contributed by atoms with Crippen molar-refractivity contribution in [3.8, 4) is 5.75 Å². The van der Waals surface area contributed by atoms with Crippen LogP contribution in [0.4, 0.5) is 0 Å². The van der Waals surface area contributed by atoms with Gasteiger partial charge in [0, 0.05) is 19.1 Å². The van der Waals surface area contributed by atoms with Crippen LogP contribution in [0.2, 0.25) is 0 Å². The lowest BCUT2D eigenvalue weighted by Crippen LogP contribution is -2.35. The zero-order chi connectivity index (χ0) is 15.0. The van der Waals surface area contributed by atoms with Gasteiger partial charge in [0.15, 0.2) is 0 Å². The quantitative estimate of drug-likeness (QED) is 0.752. The maximum atomic E-state index is 6.34. The van der Waals surface area contributed by atoms with E-state index in [4.69, 9.17) is 10.5 Å². The Kier molecular flexibility index (Phi) is 7.63. The molecule has 0 heterocycles. The molecular weight excluding hydrogens is 248 g/mol. The molecule has 0 aliphatic rings. The summed E-state index contributed by atoms with van der Waals surface area (Å²) >= 11 is 0. The van der Waals surface area contributed by atoms with E-state index in [0.29, 0.717) is 0 Å². The van der Waals surface area contributed by atoms with E-state index in [0.717, 1.165) is 31.3 Å². The van der Waals surface area contributed by atoms with Gasteiger partial charge in [-0.1, -0.05) is 45.7 Å². The second-order valence-electron chi connectivity index (χ2n) is 5.41. The molecule has 0 saturated carbocycles. The number of ether oxygens (including phenoxy) is 1. The van der Waals surface area contributed by atoms with Crippen molar-refractivity contribution in [2.24, 2.45) is 11.7 Å². The van der Waals surface area contributed by atoms with Crippen LogP contribution in [-0.4, -0.2) is 31.6 Å². The summed E-state index contributed by atoms with van der Waals surface area (Å²) in [6.45, 7) is 9.87. The fraction of sp³-hybridized carbons (Fsp3) is 0.647. The van der Waals surface area contributed by atoms with Gasteiger partial charge in [0.05, 0.1) is 7.11 Å². The Hall–Kier alpha value is -1.06. The van der Waals surface area contributed by atoms with Crippen LogP contribution in [-0.2, 0) is 0 Å². The SMILES string of the molecule is CCC(CC)CN(CC)CC(N)c1ccc(OC)cc1. The number of methoxy groups -OCH3 is 1. The fourth-order valence-corrected chi connectivity index (χ4v) is 2.48. The minimum Gasteiger partial charge on any atom is -0.497 e. The molecule has 0 saturated heterocycles. The Morgan fingerprint density at radius 2 is 1.65 bits per heavy atom. The molecule has 1 unspecified atom stereocenters. The highest BCUT2D eigenvalue weighted by molar-refractivity contribution is 5.29. The zero-order valence-corrected chi connectivity index (χ0v) is 13.4. The molecule has 0 spiro atoms. The molecule has 3 nitrogen and oxygen atoms in total. The fourth-order valence-electron chi connectivity index (χ4n) is 2.48. The van der Waals surface area contributed by atoms with Gasteiger partial charge in [0.2, 0.25) is 0 Å². The highest BCUT2D eigenvalue weighted by Crippen LogP contribution is 2.18. The van der Waals surface area contributed by atoms with Crippen molar-refractivity contribution in [3.05, 3.63) is 29.8 Å². The number of nitrogens with two attached hydrogens (primary N) is 1. The first-order valence-electron chi connectivity index (χ1n) is 7.76. The molecule has 20 heavy (non-hydrogen) atoms. The molecule has 0 aliphatic carbocycles. The first-order chi connectivity index (χ1) is 9.64. The van der Waals surface area contributed by atoms with E-state index in [-0.39, 0.29) is 6.04 Å². The Morgan fingerprint density at radius 1 is 1.05 bits per heavy atom. The van der Waals surface area contributed by atoms with E-state index in [1.165, 1.54) is 18.4 Å². The summed E-state index contributed by atoms with van der Waals surface area (Å²) in [5.41, 5.74) is 7.51. The lowest BCUT2D eigenvalue weighted by atomic mass is 10.0. The van der Waals surface area contributed by atoms with Gasteiger partial charge in [-0.25, -0.2) is 0 Å². The van der Waals surface area contributed by atoms with E-state index in [2.05, 4.69) is 37.8 Å². The Labute approximate surface area is 124 Å². The first-order valence-corrected chi connectivity index (χ1v) is 7.76. The van der Waals surface area contributed by atoms with Gasteiger partial charge >= 0.3 is 0 Å². The maximum absolute atomic E-state index is 6.34. The molecule has 1 aromatic carbocycles. The van der Waals surface area contributed by atoms with Gasteiger partial charge in [-0.15, -0.1) is 0 Å². The molecule has 2 N–H and O–H groups in total. The summed E-state index contributed by atoms with van der Waals surface area (Å²) < 4.78 is 5.18. The van der Waals surface area contributed by atoms with Crippen molar-refractivity contribution in [1.82, 2.24) is 4.90 Å². The van der Waals surface area contributed by atoms with Gasteiger partial charge in [-0.3, -0.25) is 0 Å². The van der Waals surface area contributed by atoms with E-state index in [9.17, 15) is 0 Å². The van der Waals surface area contributed by atoms with Crippen LogP contribution in [0, 0.1) is 5.92 Å². The van der Waals surface area contributed by atoms with Crippen molar-refractivity contribution in [2.45, 2.75) is 39.7 Å². The van der Waals surface area contributed by atoms with Crippen LogP contribution in [0.5, 0.6) is 5.75 Å². The number of likely N-dealkylation sites (N-methyl/N-ethyl adjacent to an activating group) is 1. The molecule has 1 aromatic rings. The van der Waals surface area contributed by atoms with Crippen molar-refractivity contribution in [3.63, 3.8) is 0 Å². The Morgan fingerprint density at radius 3 is 2.10 bits per heavy atom. The van der Waals surface area contributed by atoms with Crippen LogP contribution in [0.3, 0.4) is 0 Å². The lowest BCUT2D eigenvalue weighted by Gasteiger charge is -2.28. The average Bonchev–Trinajstić information content (AvgIpc) is 2.51. The summed E-state index contributed by atoms with van der Waals surface area (Å²) in [7, 11) is 1.68. The summed E-state index contributed by atoms with van der Waals surface area (Å²) in [5.74, 6) is 1.66. The molecule has 0 bridgehead atoms. The Bertz CT molecular complexity index is 360. The topological polar surface area (TPSA) is 38.5 Å². The number of hydrogen-bond donors (Lipinski definition) is 1. The van der Waals surface area contributed by atoms with E-state index in [1.54, 1.807) is 7.11 Å².